The molecule has 0 bridgehead atoms. The molecule has 0 aliphatic rings. The van der Waals surface area contributed by atoms with Gasteiger partial charge in [0.15, 0.2) is 6.29 Å². The van der Waals surface area contributed by atoms with Gasteiger partial charge in [0.1, 0.15) is 12.3 Å². The van der Waals surface area contributed by atoms with Crippen LogP contribution in [-0.2, 0) is 14.3 Å². The van der Waals surface area contributed by atoms with Crippen LogP contribution in [0.4, 0.5) is 4.79 Å². The van der Waals surface area contributed by atoms with Gasteiger partial charge in [-0.2, -0.15) is 0 Å². The number of hydrogen-bond donors (Lipinski definition) is 2. The van der Waals surface area contributed by atoms with Crippen molar-refractivity contribution in [3.05, 3.63) is 0 Å². The van der Waals surface area contributed by atoms with Gasteiger partial charge >= 0.3 is 6.09 Å². The highest BCUT2D eigenvalue weighted by Gasteiger charge is 2.27. The van der Waals surface area contributed by atoms with Crippen molar-refractivity contribution in [3.8, 4) is 0 Å². The molecule has 0 fully saturated rings. The Hall–Kier alpha value is -1.18. The molecule has 0 rings (SSSR count). The van der Waals surface area contributed by atoms with E-state index in [1.54, 1.807) is 13.8 Å². The van der Waals surface area contributed by atoms with Crippen molar-refractivity contribution in [2.45, 2.75) is 52.5 Å². The lowest BCUT2D eigenvalue weighted by Gasteiger charge is -2.32. The first-order chi connectivity index (χ1) is 9.01. The first kappa shape index (κ1) is 17.8. The molecule has 112 valence electrons. The Labute approximate surface area is 113 Å². The second-order valence-corrected chi connectivity index (χ2v) is 3.96. The molecule has 0 saturated carbocycles. The number of carbonyl (C=O) groups excluding carboxylic acids is 1. The van der Waals surface area contributed by atoms with Crippen molar-refractivity contribution in [1.82, 2.24) is 10.4 Å². The van der Waals surface area contributed by atoms with Crippen LogP contribution in [0.1, 0.15) is 34.1 Å². The maximum Gasteiger partial charge on any atom is 0.422 e. The van der Waals surface area contributed by atoms with Crippen molar-refractivity contribution < 1.29 is 24.2 Å². The third-order valence-electron chi connectivity index (χ3n) is 2.53. The van der Waals surface area contributed by atoms with Crippen LogP contribution >= 0.6 is 0 Å². The minimum absolute atomic E-state index is 0.392. The molecule has 0 heterocycles. The molecule has 0 spiro atoms. The maximum atomic E-state index is 11.2. The molecule has 1 unspecified atom stereocenters. The molecule has 2 atom stereocenters. The lowest BCUT2D eigenvalue weighted by Crippen LogP contribution is -2.56. The van der Waals surface area contributed by atoms with E-state index in [1.807, 2.05) is 13.8 Å². The molecule has 7 nitrogen and oxygen atoms in total. The van der Waals surface area contributed by atoms with E-state index < -0.39 is 24.5 Å². The lowest BCUT2D eigenvalue weighted by molar-refractivity contribution is -0.159. The Morgan fingerprint density at radius 2 is 1.84 bits per heavy atom. The number of amides is 1. The predicted octanol–water partition coefficient (Wildman–Crippen LogP) is 1.24. The molecule has 0 aliphatic heterocycles. The zero-order valence-electron chi connectivity index (χ0n) is 12.0. The highest BCUT2D eigenvalue weighted by molar-refractivity contribution is 5.71. The van der Waals surface area contributed by atoms with E-state index in [4.69, 9.17) is 14.6 Å². The second-order valence-electron chi connectivity index (χ2n) is 3.96. The molecule has 19 heavy (non-hydrogen) atoms. The van der Waals surface area contributed by atoms with E-state index >= 15 is 0 Å². The maximum absolute atomic E-state index is 11.2. The molecule has 7 heteroatoms. The van der Waals surface area contributed by atoms with E-state index in [0.717, 1.165) is 5.01 Å². The molecule has 0 aromatic heterocycles. The molecule has 0 aliphatic carbocycles. The summed E-state index contributed by atoms with van der Waals surface area (Å²) in [5.41, 5.74) is 2.74. The topological polar surface area (TPSA) is 88.1 Å². The summed E-state index contributed by atoms with van der Waals surface area (Å²) in [5, 5.41) is 10.0. The number of ether oxygens (including phenoxy) is 2. The fourth-order valence-corrected chi connectivity index (χ4v) is 1.58. The number of nitrogens with one attached hydrogen (secondary N) is 1. The van der Waals surface area contributed by atoms with Gasteiger partial charge in [-0.15, -0.1) is 0 Å². The Bertz CT molecular complexity index is 269. The van der Waals surface area contributed by atoms with Crippen LogP contribution in [0.2, 0.25) is 0 Å². The van der Waals surface area contributed by atoms with Crippen LogP contribution in [0.3, 0.4) is 0 Å². The van der Waals surface area contributed by atoms with Gasteiger partial charge in [0.05, 0.1) is 6.04 Å². The van der Waals surface area contributed by atoms with Crippen LogP contribution < -0.4 is 5.43 Å². The number of nitrogens with zero attached hydrogens (tertiary/aromatic N) is 1. The van der Waals surface area contributed by atoms with Gasteiger partial charge in [-0.25, -0.2) is 15.2 Å². The molecule has 0 saturated heterocycles. The predicted molar refractivity (Wildman–Crippen MR) is 69.6 cm³/mol. The summed E-state index contributed by atoms with van der Waals surface area (Å²) in [5.74, 6) is 0. The average molecular weight is 276 g/mol. The number of carboxylic acid groups (broad SMARTS) is 1. The monoisotopic (exact) mass is 276 g/mol. The SMILES string of the molecule is CCOC(OCC)[C@H](C)NN(C(=O)O)C(C=O)CC. The van der Waals surface area contributed by atoms with E-state index in [9.17, 15) is 9.59 Å². The highest BCUT2D eigenvalue weighted by atomic mass is 16.7. The number of hydrogen-bond acceptors (Lipinski definition) is 5. The summed E-state index contributed by atoms with van der Waals surface area (Å²) < 4.78 is 10.8. The molecular formula is C12H24N2O5. The van der Waals surface area contributed by atoms with Crippen molar-refractivity contribution in [2.75, 3.05) is 13.2 Å². The van der Waals surface area contributed by atoms with E-state index in [0.29, 0.717) is 25.9 Å². The van der Waals surface area contributed by atoms with E-state index in [2.05, 4.69) is 5.43 Å². The zero-order chi connectivity index (χ0) is 14.8. The van der Waals surface area contributed by atoms with Crippen LogP contribution in [0.15, 0.2) is 0 Å². The largest absolute Gasteiger partial charge is 0.464 e. The van der Waals surface area contributed by atoms with Gasteiger partial charge in [0.2, 0.25) is 0 Å². The number of hydrazine groups is 1. The third-order valence-corrected chi connectivity index (χ3v) is 2.53. The van der Waals surface area contributed by atoms with Gasteiger partial charge in [-0.3, -0.25) is 0 Å². The molecule has 2 N–H and O–H groups in total. The average Bonchev–Trinajstić information content (AvgIpc) is 2.38. The molecule has 0 radical (unpaired) electrons. The van der Waals surface area contributed by atoms with Gasteiger partial charge in [-0.1, -0.05) is 6.92 Å². The molecule has 0 aromatic carbocycles. The van der Waals surface area contributed by atoms with Gasteiger partial charge in [-0.05, 0) is 27.2 Å². The smallest absolute Gasteiger partial charge is 0.422 e. The fourth-order valence-electron chi connectivity index (χ4n) is 1.58. The zero-order valence-corrected chi connectivity index (χ0v) is 12.0. The second kappa shape index (κ2) is 9.71. The molecule has 0 aromatic rings. The quantitative estimate of drug-likeness (QED) is 0.354. The van der Waals surface area contributed by atoms with E-state index in [1.165, 1.54) is 0 Å². The van der Waals surface area contributed by atoms with Crippen LogP contribution in [0.5, 0.6) is 0 Å². The van der Waals surface area contributed by atoms with E-state index in [-0.39, 0.29) is 0 Å². The van der Waals surface area contributed by atoms with Crippen LogP contribution in [-0.4, -0.2) is 54.1 Å². The number of rotatable bonds is 10. The minimum atomic E-state index is -1.21. The van der Waals surface area contributed by atoms with Crippen LogP contribution in [0, 0.1) is 0 Å². The summed E-state index contributed by atoms with van der Waals surface area (Å²) in [6.45, 7) is 8.04. The first-order valence-corrected chi connectivity index (χ1v) is 6.48. The first-order valence-electron chi connectivity index (χ1n) is 6.48. The Morgan fingerprint density at radius 3 is 2.16 bits per heavy atom. The normalized spacial score (nSPS) is 14.2. The summed E-state index contributed by atoms with van der Waals surface area (Å²) in [7, 11) is 0. The lowest BCUT2D eigenvalue weighted by atomic mass is 10.2. The number of carbonyl (C=O) groups is 2. The summed E-state index contributed by atoms with van der Waals surface area (Å²) in [6.07, 6.45) is -0.785. The Kier molecular flexibility index (Phi) is 9.11. The Morgan fingerprint density at radius 1 is 1.32 bits per heavy atom. The van der Waals surface area contributed by atoms with Gasteiger partial charge in [0, 0.05) is 13.2 Å². The molecular weight excluding hydrogens is 252 g/mol. The summed E-state index contributed by atoms with van der Waals surface area (Å²) in [4.78, 5) is 22.0. The van der Waals surface area contributed by atoms with Crippen molar-refractivity contribution >= 4 is 12.4 Å². The molecule has 1 amide bonds. The standard InChI is InChI=1S/C12H24N2O5/c1-5-10(8-15)14(12(16)17)13-9(4)11(18-6-2)19-7-3/h8-11,13H,5-7H2,1-4H3,(H,16,17)/t9-,10?/m0/s1. The minimum Gasteiger partial charge on any atom is -0.464 e. The van der Waals surface area contributed by atoms with Crippen molar-refractivity contribution in [2.24, 2.45) is 0 Å². The van der Waals surface area contributed by atoms with Crippen molar-refractivity contribution in [1.29, 1.82) is 0 Å². The van der Waals surface area contributed by atoms with Crippen LogP contribution in [0.25, 0.3) is 0 Å². The van der Waals surface area contributed by atoms with Gasteiger partial charge < -0.3 is 19.4 Å². The fraction of sp³-hybridized carbons (Fsp3) is 0.833. The van der Waals surface area contributed by atoms with Crippen molar-refractivity contribution in [3.63, 3.8) is 0 Å². The third kappa shape index (κ3) is 6.00. The summed E-state index contributed by atoms with van der Waals surface area (Å²) >= 11 is 0. The number of aldehydes is 1. The summed E-state index contributed by atoms with van der Waals surface area (Å²) in [6, 6.07) is -1.13. The van der Waals surface area contributed by atoms with Gasteiger partial charge in [0.25, 0.3) is 0 Å². The highest BCUT2D eigenvalue weighted by Crippen LogP contribution is 2.06. The Balaban J connectivity index is 4.71.